The van der Waals surface area contributed by atoms with Crippen LogP contribution in [0.2, 0.25) is 0 Å². The summed E-state index contributed by atoms with van der Waals surface area (Å²) in [6, 6.07) is 13.7. The van der Waals surface area contributed by atoms with Crippen LogP contribution in [0.1, 0.15) is 24.3 Å². The van der Waals surface area contributed by atoms with Gasteiger partial charge in [-0.15, -0.1) is 0 Å². The Balaban J connectivity index is 1.61. The highest BCUT2D eigenvalue weighted by atomic mass is 79.9. The van der Waals surface area contributed by atoms with Crippen molar-refractivity contribution in [3.63, 3.8) is 0 Å². The van der Waals surface area contributed by atoms with Gasteiger partial charge in [0.1, 0.15) is 5.82 Å². The predicted molar refractivity (Wildman–Crippen MR) is 87.6 cm³/mol. The summed E-state index contributed by atoms with van der Waals surface area (Å²) in [5, 5.41) is 3.46. The Kier molecular flexibility index (Phi) is 4.13. The average Bonchev–Trinajstić information content (AvgIpc) is 2.35. The standard InChI is InChI=1S/C16H14Br2FN/c17-12-3-1-2-10(6-12)11-7-14(8-11)20-16-5-4-13(19)9-15(16)18/h1-6,9,11,14,20H,7-8H2. The van der Waals surface area contributed by atoms with Crippen LogP contribution in [0.15, 0.2) is 51.4 Å². The zero-order valence-corrected chi connectivity index (χ0v) is 13.9. The van der Waals surface area contributed by atoms with Crippen LogP contribution < -0.4 is 5.32 Å². The lowest BCUT2D eigenvalue weighted by atomic mass is 9.76. The molecule has 0 amide bonds. The Morgan fingerprint density at radius 2 is 1.85 bits per heavy atom. The lowest BCUT2D eigenvalue weighted by Crippen LogP contribution is -2.34. The molecule has 2 aromatic carbocycles. The number of hydrogen-bond acceptors (Lipinski definition) is 1. The zero-order valence-electron chi connectivity index (χ0n) is 10.7. The Bertz CT molecular complexity index is 624. The maximum atomic E-state index is 13.0. The van der Waals surface area contributed by atoms with Crippen molar-refractivity contribution in [3.8, 4) is 0 Å². The van der Waals surface area contributed by atoms with Crippen molar-refractivity contribution in [2.24, 2.45) is 0 Å². The van der Waals surface area contributed by atoms with E-state index in [1.807, 2.05) is 6.07 Å². The number of benzene rings is 2. The van der Waals surface area contributed by atoms with E-state index in [0.717, 1.165) is 27.5 Å². The first-order valence-electron chi connectivity index (χ1n) is 6.59. The number of rotatable bonds is 3. The highest BCUT2D eigenvalue weighted by molar-refractivity contribution is 9.10. The van der Waals surface area contributed by atoms with Crippen LogP contribution in [0.4, 0.5) is 10.1 Å². The van der Waals surface area contributed by atoms with Gasteiger partial charge in [-0.25, -0.2) is 4.39 Å². The molecule has 1 fully saturated rings. The van der Waals surface area contributed by atoms with Crippen molar-refractivity contribution in [1.82, 2.24) is 0 Å². The minimum atomic E-state index is -0.219. The molecule has 1 saturated carbocycles. The summed E-state index contributed by atoms with van der Waals surface area (Å²) in [6.45, 7) is 0. The molecule has 1 aliphatic carbocycles. The molecule has 2 aromatic rings. The minimum Gasteiger partial charge on any atom is -0.381 e. The van der Waals surface area contributed by atoms with Gasteiger partial charge in [0.25, 0.3) is 0 Å². The van der Waals surface area contributed by atoms with E-state index in [-0.39, 0.29) is 5.82 Å². The second-order valence-electron chi connectivity index (χ2n) is 5.19. The fraction of sp³-hybridized carbons (Fsp3) is 0.250. The molecule has 0 unspecified atom stereocenters. The first-order valence-corrected chi connectivity index (χ1v) is 8.17. The third-order valence-corrected chi connectivity index (χ3v) is 4.90. The van der Waals surface area contributed by atoms with Crippen LogP contribution >= 0.6 is 31.9 Å². The summed E-state index contributed by atoms with van der Waals surface area (Å²) in [5.41, 5.74) is 2.35. The Labute approximate surface area is 134 Å². The summed E-state index contributed by atoms with van der Waals surface area (Å²) in [6.07, 6.45) is 2.22. The van der Waals surface area contributed by atoms with E-state index in [4.69, 9.17) is 0 Å². The van der Waals surface area contributed by atoms with Crippen LogP contribution in [0.3, 0.4) is 0 Å². The van der Waals surface area contributed by atoms with Gasteiger partial charge in [0.05, 0.1) is 0 Å². The van der Waals surface area contributed by atoms with E-state index < -0.39 is 0 Å². The Hall–Kier alpha value is -0.870. The summed E-state index contributed by atoms with van der Waals surface area (Å²) in [7, 11) is 0. The van der Waals surface area contributed by atoms with Gasteiger partial charge < -0.3 is 5.32 Å². The molecular formula is C16H14Br2FN. The molecule has 3 rings (SSSR count). The van der Waals surface area contributed by atoms with E-state index in [2.05, 4.69) is 55.4 Å². The summed E-state index contributed by atoms with van der Waals surface area (Å²) in [5.74, 6) is 0.396. The van der Waals surface area contributed by atoms with E-state index in [0.29, 0.717) is 12.0 Å². The molecule has 0 radical (unpaired) electrons. The molecule has 20 heavy (non-hydrogen) atoms. The van der Waals surface area contributed by atoms with Gasteiger partial charge in [-0.1, -0.05) is 28.1 Å². The average molecular weight is 399 g/mol. The van der Waals surface area contributed by atoms with E-state index in [9.17, 15) is 4.39 Å². The topological polar surface area (TPSA) is 12.0 Å². The lowest BCUT2D eigenvalue weighted by molar-refractivity contribution is 0.374. The second-order valence-corrected chi connectivity index (χ2v) is 6.96. The van der Waals surface area contributed by atoms with E-state index in [1.54, 1.807) is 6.07 Å². The molecule has 0 bridgehead atoms. The van der Waals surface area contributed by atoms with Crippen molar-refractivity contribution >= 4 is 37.5 Å². The van der Waals surface area contributed by atoms with Gasteiger partial charge in [-0.05, 0) is 70.6 Å². The zero-order chi connectivity index (χ0) is 14.1. The number of nitrogens with one attached hydrogen (secondary N) is 1. The predicted octanol–water partition coefficient (Wildman–Crippen LogP) is 5.71. The molecule has 104 valence electrons. The quantitative estimate of drug-likeness (QED) is 0.698. The van der Waals surface area contributed by atoms with Crippen molar-refractivity contribution in [1.29, 1.82) is 0 Å². The van der Waals surface area contributed by atoms with Crippen molar-refractivity contribution < 1.29 is 4.39 Å². The molecule has 1 N–H and O–H groups in total. The Morgan fingerprint density at radius 1 is 1.05 bits per heavy atom. The van der Waals surface area contributed by atoms with Gasteiger partial charge in [0, 0.05) is 20.7 Å². The molecule has 4 heteroatoms. The summed E-state index contributed by atoms with van der Waals surface area (Å²) in [4.78, 5) is 0. The van der Waals surface area contributed by atoms with Crippen LogP contribution in [-0.2, 0) is 0 Å². The number of halogens is 3. The maximum Gasteiger partial charge on any atom is 0.124 e. The third kappa shape index (κ3) is 3.07. The molecule has 0 aliphatic heterocycles. The maximum absolute atomic E-state index is 13.0. The Morgan fingerprint density at radius 3 is 2.55 bits per heavy atom. The highest BCUT2D eigenvalue weighted by Crippen LogP contribution is 2.40. The molecule has 0 aromatic heterocycles. The molecular weight excluding hydrogens is 385 g/mol. The first-order chi connectivity index (χ1) is 9.61. The lowest BCUT2D eigenvalue weighted by Gasteiger charge is -2.37. The molecule has 0 heterocycles. The second kappa shape index (κ2) is 5.86. The van der Waals surface area contributed by atoms with Gasteiger partial charge in [0.2, 0.25) is 0 Å². The summed E-state index contributed by atoms with van der Waals surface area (Å²) < 4.78 is 15.0. The normalized spacial score (nSPS) is 21.4. The number of hydrogen-bond donors (Lipinski definition) is 1. The fourth-order valence-corrected chi connectivity index (χ4v) is 3.48. The van der Waals surface area contributed by atoms with Crippen molar-refractivity contribution in [2.75, 3.05) is 5.32 Å². The van der Waals surface area contributed by atoms with Crippen molar-refractivity contribution in [2.45, 2.75) is 24.8 Å². The van der Waals surface area contributed by atoms with Gasteiger partial charge in [-0.2, -0.15) is 0 Å². The monoisotopic (exact) mass is 397 g/mol. The largest absolute Gasteiger partial charge is 0.381 e. The van der Waals surface area contributed by atoms with Crippen LogP contribution in [0.25, 0.3) is 0 Å². The third-order valence-electron chi connectivity index (χ3n) is 3.75. The smallest absolute Gasteiger partial charge is 0.124 e. The van der Waals surface area contributed by atoms with E-state index >= 15 is 0 Å². The molecule has 1 nitrogen and oxygen atoms in total. The number of anilines is 1. The van der Waals surface area contributed by atoms with E-state index in [1.165, 1.54) is 17.7 Å². The van der Waals surface area contributed by atoms with Gasteiger partial charge >= 0.3 is 0 Å². The molecule has 0 atom stereocenters. The van der Waals surface area contributed by atoms with Crippen LogP contribution in [0, 0.1) is 5.82 Å². The first kappa shape index (κ1) is 14.1. The fourth-order valence-electron chi connectivity index (χ4n) is 2.59. The van der Waals surface area contributed by atoms with Crippen LogP contribution in [0.5, 0.6) is 0 Å². The molecule has 0 saturated heterocycles. The van der Waals surface area contributed by atoms with Crippen LogP contribution in [-0.4, -0.2) is 6.04 Å². The van der Waals surface area contributed by atoms with Crippen molar-refractivity contribution in [3.05, 3.63) is 62.8 Å². The SMILES string of the molecule is Fc1ccc(NC2CC(c3cccc(Br)c3)C2)c(Br)c1. The highest BCUT2D eigenvalue weighted by Gasteiger charge is 2.30. The molecule has 0 spiro atoms. The minimum absolute atomic E-state index is 0.219. The van der Waals surface area contributed by atoms with Gasteiger partial charge in [0.15, 0.2) is 0 Å². The molecule has 1 aliphatic rings. The van der Waals surface area contributed by atoms with Gasteiger partial charge in [-0.3, -0.25) is 0 Å². The summed E-state index contributed by atoms with van der Waals surface area (Å²) >= 11 is 6.90.